The molecule has 1 amide bonds. The lowest BCUT2D eigenvalue weighted by Crippen LogP contribution is -2.14. The number of carbonyl (C=O) groups excluding carboxylic acids is 1. The summed E-state index contributed by atoms with van der Waals surface area (Å²) in [5, 5.41) is 15.5. The Morgan fingerprint density at radius 2 is 2.00 bits per heavy atom. The number of aryl methyl sites for hydroxylation is 1. The van der Waals surface area contributed by atoms with Gasteiger partial charge in [-0.15, -0.1) is 28.1 Å². The zero-order valence-electron chi connectivity index (χ0n) is 17.6. The Bertz CT molecular complexity index is 1300. The third kappa shape index (κ3) is 5.65. The van der Waals surface area contributed by atoms with E-state index in [1.54, 1.807) is 24.3 Å². The second-order valence-electron chi connectivity index (χ2n) is 7.07. The molecule has 4 rings (SSSR count). The molecule has 33 heavy (non-hydrogen) atoms. The zero-order chi connectivity index (χ0) is 23.4. The first kappa shape index (κ1) is 23.5. The van der Waals surface area contributed by atoms with Gasteiger partial charge < -0.3 is 5.32 Å². The highest BCUT2D eigenvalue weighted by atomic mass is 35.5. The van der Waals surface area contributed by atoms with Gasteiger partial charge in [-0.05, 0) is 25.1 Å². The molecular weight excluding hydrogens is 497 g/mol. The first-order chi connectivity index (χ1) is 15.9. The van der Waals surface area contributed by atoms with E-state index in [0.717, 1.165) is 11.3 Å². The van der Waals surface area contributed by atoms with Crippen molar-refractivity contribution in [3.8, 4) is 22.6 Å². The molecule has 1 N–H and O–H groups in total. The molecule has 0 atom stereocenters. The van der Waals surface area contributed by atoms with Crippen molar-refractivity contribution < 1.29 is 4.79 Å². The van der Waals surface area contributed by atoms with Crippen molar-refractivity contribution in [3.05, 3.63) is 76.1 Å². The highest BCUT2D eigenvalue weighted by molar-refractivity contribution is 7.99. The smallest absolute Gasteiger partial charge is 0.236 e. The Morgan fingerprint density at radius 1 is 1.21 bits per heavy atom. The van der Waals surface area contributed by atoms with Crippen molar-refractivity contribution in [2.24, 2.45) is 0 Å². The van der Waals surface area contributed by atoms with Gasteiger partial charge in [-0.25, -0.2) is 4.98 Å². The highest BCUT2D eigenvalue weighted by Gasteiger charge is 2.17. The van der Waals surface area contributed by atoms with E-state index in [2.05, 4.69) is 27.1 Å². The number of nitrogens with one attached hydrogen (secondary N) is 1. The maximum Gasteiger partial charge on any atom is 0.236 e. The number of nitrogens with zero attached hydrogens (tertiary/aromatic N) is 4. The van der Waals surface area contributed by atoms with Crippen LogP contribution in [-0.2, 0) is 11.3 Å². The molecule has 0 radical (unpaired) electrons. The van der Waals surface area contributed by atoms with Crippen molar-refractivity contribution >= 4 is 57.3 Å². The van der Waals surface area contributed by atoms with Gasteiger partial charge in [0.2, 0.25) is 5.91 Å². The highest BCUT2D eigenvalue weighted by Crippen LogP contribution is 2.32. The van der Waals surface area contributed by atoms with Crippen LogP contribution in [0.2, 0.25) is 10.0 Å². The van der Waals surface area contributed by atoms with Crippen LogP contribution in [-0.4, -0.2) is 31.4 Å². The average Bonchev–Trinajstić information content (AvgIpc) is 3.40. The van der Waals surface area contributed by atoms with Gasteiger partial charge in [-0.3, -0.25) is 9.36 Å². The van der Waals surface area contributed by atoms with Gasteiger partial charge in [0, 0.05) is 28.1 Å². The first-order valence-electron chi connectivity index (χ1n) is 9.89. The molecule has 0 unspecified atom stereocenters. The summed E-state index contributed by atoms with van der Waals surface area (Å²) in [6, 6.07) is 13.3. The molecule has 0 aliphatic heterocycles. The van der Waals surface area contributed by atoms with Crippen LogP contribution in [0.3, 0.4) is 0 Å². The molecular formula is C23H19Cl2N5OS2. The second kappa shape index (κ2) is 10.5. The lowest BCUT2D eigenvalue weighted by Gasteiger charge is -2.09. The predicted molar refractivity (Wildman–Crippen MR) is 137 cm³/mol. The van der Waals surface area contributed by atoms with Crippen molar-refractivity contribution in [2.75, 3.05) is 11.1 Å². The van der Waals surface area contributed by atoms with E-state index < -0.39 is 0 Å². The number of thiazole rings is 1. The lowest BCUT2D eigenvalue weighted by atomic mass is 10.1. The fourth-order valence-corrected chi connectivity index (χ4v) is 5.01. The fourth-order valence-electron chi connectivity index (χ4n) is 3.03. The SMILES string of the molecule is C=CCn1c(SCC(=O)Nc2nc(-c3ccc(C)cc3)cs2)nnc1-c1ccc(Cl)cc1Cl. The summed E-state index contributed by atoms with van der Waals surface area (Å²) < 4.78 is 1.86. The van der Waals surface area contributed by atoms with Crippen molar-refractivity contribution in [1.82, 2.24) is 19.7 Å². The van der Waals surface area contributed by atoms with Crippen molar-refractivity contribution in [2.45, 2.75) is 18.6 Å². The summed E-state index contributed by atoms with van der Waals surface area (Å²) in [5.74, 6) is 0.564. The minimum Gasteiger partial charge on any atom is -0.301 e. The topological polar surface area (TPSA) is 72.7 Å². The van der Waals surface area contributed by atoms with Crippen LogP contribution in [0.15, 0.2) is 65.7 Å². The monoisotopic (exact) mass is 515 g/mol. The number of carbonyl (C=O) groups is 1. The maximum atomic E-state index is 12.5. The van der Waals surface area contributed by atoms with E-state index in [-0.39, 0.29) is 11.7 Å². The fraction of sp³-hybridized carbons (Fsp3) is 0.130. The van der Waals surface area contributed by atoms with Gasteiger partial charge in [0.15, 0.2) is 16.1 Å². The van der Waals surface area contributed by atoms with Crippen molar-refractivity contribution in [3.63, 3.8) is 0 Å². The van der Waals surface area contributed by atoms with E-state index in [1.807, 2.05) is 41.1 Å². The summed E-state index contributed by atoms with van der Waals surface area (Å²) in [6.07, 6.45) is 1.74. The average molecular weight is 516 g/mol. The van der Waals surface area contributed by atoms with Gasteiger partial charge in [0.1, 0.15) is 0 Å². The Kier molecular flexibility index (Phi) is 7.49. The third-order valence-corrected chi connectivity index (χ3v) is 6.90. The Hall–Kier alpha value is -2.65. The van der Waals surface area contributed by atoms with Gasteiger partial charge in [0.25, 0.3) is 0 Å². The maximum absolute atomic E-state index is 12.5. The van der Waals surface area contributed by atoms with E-state index in [9.17, 15) is 4.79 Å². The molecule has 0 spiro atoms. The molecule has 0 aliphatic carbocycles. The van der Waals surface area contributed by atoms with Crippen LogP contribution in [0.5, 0.6) is 0 Å². The van der Waals surface area contributed by atoms with Gasteiger partial charge in [0.05, 0.1) is 16.5 Å². The Balaban J connectivity index is 1.44. The number of amides is 1. The van der Waals surface area contributed by atoms with Crippen LogP contribution in [0.4, 0.5) is 5.13 Å². The van der Waals surface area contributed by atoms with E-state index >= 15 is 0 Å². The number of aromatic nitrogens is 4. The standard InChI is InChI=1S/C23H19Cl2N5OS2/c1-3-10-30-21(17-9-8-16(24)11-18(17)25)28-29-23(30)33-13-20(31)27-22-26-19(12-32-22)15-6-4-14(2)5-7-15/h3-9,11-12H,1,10,13H2,2H3,(H,26,27,31). The van der Waals surface area contributed by atoms with Gasteiger partial charge in [-0.1, -0.05) is 70.9 Å². The molecule has 168 valence electrons. The van der Waals surface area contributed by atoms with E-state index in [4.69, 9.17) is 23.2 Å². The third-order valence-electron chi connectivity index (χ3n) is 4.63. The summed E-state index contributed by atoms with van der Waals surface area (Å²) in [6.45, 7) is 6.31. The Labute approximate surface area is 209 Å². The van der Waals surface area contributed by atoms with Gasteiger partial charge in [-0.2, -0.15) is 0 Å². The van der Waals surface area contributed by atoms with Crippen LogP contribution in [0.25, 0.3) is 22.6 Å². The molecule has 0 saturated carbocycles. The zero-order valence-corrected chi connectivity index (χ0v) is 20.7. The molecule has 2 aromatic heterocycles. The Morgan fingerprint density at radius 3 is 2.73 bits per heavy atom. The number of allylic oxidation sites excluding steroid dienone is 1. The van der Waals surface area contributed by atoms with E-state index in [0.29, 0.717) is 38.3 Å². The van der Waals surface area contributed by atoms with Crippen LogP contribution in [0, 0.1) is 6.92 Å². The second-order valence-corrected chi connectivity index (χ2v) is 9.71. The molecule has 2 heterocycles. The number of halogens is 2. The number of rotatable bonds is 8. The predicted octanol–water partition coefficient (Wildman–Crippen LogP) is 6.60. The minimum atomic E-state index is -0.177. The first-order valence-corrected chi connectivity index (χ1v) is 12.5. The molecule has 0 aliphatic rings. The van der Waals surface area contributed by atoms with Crippen LogP contribution < -0.4 is 5.32 Å². The summed E-state index contributed by atoms with van der Waals surface area (Å²) in [7, 11) is 0. The summed E-state index contributed by atoms with van der Waals surface area (Å²) >= 11 is 15.0. The summed E-state index contributed by atoms with van der Waals surface area (Å²) in [5.41, 5.74) is 3.74. The van der Waals surface area contributed by atoms with E-state index in [1.165, 1.54) is 28.7 Å². The number of thioether (sulfide) groups is 1. The lowest BCUT2D eigenvalue weighted by molar-refractivity contribution is -0.113. The van der Waals surface area contributed by atoms with Crippen molar-refractivity contribution in [1.29, 1.82) is 0 Å². The summed E-state index contributed by atoms with van der Waals surface area (Å²) in [4.78, 5) is 17.1. The van der Waals surface area contributed by atoms with Crippen LogP contribution in [0.1, 0.15) is 5.56 Å². The number of hydrogen-bond acceptors (Lipinski definition) is 6. The number of hydrogen-bond donors (Lipinski definition) is 1. The number of anilines is 1. The molecule has 10 heteroatoms. The van der Waals surface area contributed by atoms with Crippen LogP contribution >= 0.6 is 46.3 Å². The largest absolute Gasteiger partial charge is 0.301 e. The minimum absolute atomic E-state index is 0.156. The number of benzene rings is 2. The molecule has 2 aromatic carbocycles. The molecule has 0 fully saturated rings. The molecule has 0 bridgehead atoms. The molecule has 4 aromatic rings. The molecule has 6 nitrogen and oxygen atoms in total. The quantitative estimate of drug-likeness (QED) is 0.211. The molecule has 0 saturated heterocycles. The van der Waals surface area contributed by atoms with Gasteiger partial charge >= 0.3 is 0 Å². The normalized spacial score (nSPS) is 10.9.